The Bertz CT molecular complexity index is 5310. The van der Waals surface area contributed by atoms with Crippen LogP contribution in [0.4, 0.5) is 0 Å². The number of benzene rings is 8. The Balaban J connectivity index is 0.000000848. The van der Waals surface area contributed by atoms with Gasteiger partial charge in [-0.25, -0.2) is 0 Å². The maximum atomic E-state index is 12.5. The molecule has 0 fully saturated rings. The number of carbonyl (C=O) groups excluding carboxylic acids is 8. The molecular formula is C111H150Cl8O8. The van der Waals surface area contributed by atoms with Gasteiger partial charge >= 0.3 is 0 Å². The minimum atomic E-state index is -2.84. The molecule has 0 N–H and O–H groups in total. The molecule has 0 saturated heterocycles. The third-order valence-corrected chi connectivity index (χ3v) is 19.2. The average Bonchev–Trinajstić information content (AvgIpc) is 0.754. The van der Waals surface area contributed by atoms with Crippen molar-refractivity contribution < 1.29 is 67.1 Å². The molecule has 0 bridgehead atoms. The number of hydrogen-bond donors (Lipinski definition) is 0. The van der Waals surface area contributed by atoms with Gasteiger partial charge in [0.25, 0.3) is 0 Å². The molecular weight excluding hydrogens is 1740 g/mol. The lowest BCUT2D eigenvalue weighted by Crippen LogP contribution is -2.18. The van der Waals surface area contributed by atoms with Crippen LogP contribution in [0.5, 0.6) is 0 Å². The maximum absolute atomic E-state index is 12.5. The first-order valence-corrected chi connectivity index (χ1v) is 44.9. The van der Waals surface area contributed by atoms with Crippen molar-refractivity contribution in [3.05, 3.63) is 279 Å². The zero-order valence-electron chi connectivity index (χ0n) is 100. The van der Waals surface area contributed by atoms with E-state index in [-0.39, 0.29) is 80.6 Å². The molecule has 0 aliphatic rings. The summed E-state index contributed by atoms with van der Waals surface area (Å²) in [6.07, 6.45) is -0.330. The summed E-state index contributed by atoms with van der Waals surface area (Å²) in [6.45, 7) is 38.5. The van der Waals surface area contributed by atoms with Crippen molar-refractivity contribution >= 4 is 139 Å². The van der Waals surface area contributed by atoms with Crippen molar-refractivity contribution in [1.82, 2.24) is 0 Å². The molecule has 8 aromatic rings. The van der Waals surface area contributed by atoms with Gasteiger partial charge in [0.15, 0.2) is 46.3 Å². The summed E-state index contributed by atoms with van der Waals surface area (Å²) in [5.41, 5.74) is -1.17. The fourth-order valence-electron chi connectivity index (χ4n) is 12.6. The molecule has 0 aliphatic carbocycles. The van der Waals surface area contributed by atoms with Gasteiger partial charge in [0.2, 0.25) is 0 Å². The summed E-state index contributed by atoms with van der Waals surface area (Å²) in [5.74, 6) is -13.0. The number of ketones is 8. The lowest BCUT2D eigenvalue weighted by Gasteiger charge is -2.22. The predicted octanol–water partition coefficient (Wildman–Crippen LogP) is 36.5. The molecule has 8 aromatic carbocycles. The van der Waals surface area contributed by atoms with Crippen LogP contribution in [0.15, 0.2) is 194 Å². The largest absolute Gasteiger partial charge is 0.294 e. The van der Waals surface area contributed by atoms with Crippen LogP contribution >= 0.6 is 92.8 Å². The zero-order chi connectivity index (χ0) is 116. The summed E-state index contributed by atoms with van der Waals surface area (Å²) >= 11 is 46.7. The zero-order valence-corrected chi connectivity index (χ0v) is 85.5. The number of halogens is 8. The van der Waals surface area contributed by atoms with Gasteiger partial charge in [0.05, 0.1) is 0 Å². The molecule has 16 heteroatoms. The predicted molar refractivity (Wildman–Crippen MR) is 548 cm³/mol. The van der Waals surface area contributed by atoms with Crippen molar-refractivity contribution in [3.63, 3.8) is 0 Å². The molecule has 0 spiro atoms. The Morgan fingerprint density at radius 2 is 0.402 bits per heavy atom. The van der Waals surface area contributed by atoms with Crippen molar-refractivity contribution in [2.45, 2.75) is 272 Å². The summed E-state index contributed by atoms with van der Waals surface area (Å²) < 4.78 is 164. The lowest BCUT2D eigenvalue weighted by molar-refractivity contribution is 0.0891. The third kappa shape index (κ3) is 54.1. The Morgan fingerprint density at radius 1 is 0.244 bits per heavy atom. The molecule has 0 radical (unpaired) electrons. The van der Waals surface area contributed by atoms with Crippen LogP contribution in [0.3, 0.4) is 0 Å². The minimum Gasteiger partial charge on any atom is -0.294 e. The molecule has 0 amide bonds. The molecule has 4 unspecified atom stereocenters. The highest BCUT2D eigenvalue weighted by Crippen LogP contribution is 2.35. The highest BCUT2D eigenvalue weighted by Gasteiger charge is 2.29. The van der Waals surface area contributed by atoms with E-state index in [1.54, 1.807) is 199 Å². The molecule has 7 atom stereocenters. The van der Waals surface area contributed by atoms with Gasteiger partial charge in [0, 0.05) is 161 Å². The van der Waals surface area contributed by atoms with Gasteiger partial charge < -0.3 is 0 Å². The first kappa shape index (κ1) is 85.9. The standard InChI is InChI=1S/7C14H19ClO.C13H17ClO/c7*1-10(9-14(2,3)4)13(16)11-6-5-7-12(15)8-11;1-13(2,3)8-7-12(15)10-5-4-6-11(14)9-10/h7*5-8,10H,9H2,1-4H3;4-6,9H,7-8H2,1-3H3/t3*10-;;;;;/m110...../s1/i2*10D;1D3,10D;2D3,3D3,10D;2D3,10D;2*10D;7D2. The van der Waals surface area contributed by atoms with E-state index in [1.807, 2.05) is 125 Å². The van der Waals surface area contributed by atoms with Gasteiger partial charge in [-0.2, -0.15) is 0 Å². The molecule has 8 rings (SSSR count). The van der Waals surface area contributed by atoms with Crippen LogP contribution in [0.2, 0.25) is 40.2 Å². The molecule has 0 aromatic heterocycles. The number of Topliss-reactive ketones (excluding diaryl/α,β-unsaturated/α-hetero) is 8. The highest BCUT2D eigenvalue weighted by atomic mass is 35.5. The smallest absolute Gasteiger partial charge is 0.165 e. The van der Waals surface area contributed by atoms with Crippen molar-refractivity contribution in [2.75, 3.05) is 0 Å². The molecule has 0 saturated carbocycles. The van der Waals surface area contributed by atoms with Crippen molar-refractivity contribution in [1.29, 1.82) is 0 Å². The number of carbonyl (C=O) groups is 8. The monoisotopic (exact) mass is 1910 g/mol. The van der Waals surface area contributed by atoms with Gasteiger partial charge in [-0.1, -0.05) is 404 Å². The SMILES string of the molecule is [2H]C(C)(CC(C)(C([2H])([2H])[2H])C([2H])([2H])[2H])C(=O)c1cccc(Cl)c1.[2H]C(C)(CC(C)(C)C([2H])([2H])[2H])C(=O)c1cccc(Cl)c1.[2H]C(C)(CC(C)(C)C)C(=O)c1cccc(Cl)c1.[2H]C(C)(CC(C)(C)C)C(=O)c1cccc(Cl)c1.[2H]C([2H])(CC(C)(C)C)C(=O)c1cccc(Cl)c1.[2H]C([2H])([2H])[C@@]([2H])(CC(C)(C)C)C(=O)c1cccc(Cl)c1.[2H][C@@](C)(CC(C)(C)C)C(=O)c1cccc(Cl)c1.[2H][C@@](C)(CC(C)(C)C)C(=O)c1cccc(Cl)c1. The second-order valence-electron chi connectivity index (χ2n) is 40.0. The van der Waals surface area contributed by atoms with Gasteiger partial charge in [-0.15, -0.1) is 0 Å². The normalized spacial score (nSPS) is 18.0. The van der Waals surface area contributed by atoms with Crippen molar-refractivity contribution in [3.8, 4) is 0 Å². The maximum Gasteiger partial charge on any atom is 0.165 e. The molecule has 698 valence electrons. The average molecular weight is 1920 g/mol. The third-order valence-electron chi connectivity index (χ3n) is 17.3. The Morgan fingerprint density at radius 3 is 0.567 bits per heavy atom. The highest BCUT2D eigenvalue weighted by molar-refractivity contribution is 6.33. The van der Waals surface area contributed by atoms with Crippen LogP contribution in [0.25, 0.3) is 0 Å². The Hall–Kier alpha value is -6.56. The molecule has 0 heterocycles. The van der Waals surface area contributed by atoms with Gasteiger partial charge in [-0.3, -0.25) is 38.4 Å². The summed E-state index contributed by atoms with van der Waals surface area (Å²) in [6, 6.07) is 52.0. The van der Waals surface area contributed by atoms with Gasteiger partial charge in [-0.05, 0) is 192 Å². The van der Waals surface area contributed by atoms with E-state index in [2.05, 4.69) is 0 Å². The van der Waals surface area contributed by atoms with E-state index in [9.17, 15) is 38.4 Å². The minimum absolute atomic E-state index is 0.0509. The second kappa shape index (κ2) is 54.4. The Labute approximate surface area is 836 Å². The van der Waals surface area contributed by atoms with Crippen molar-refractivity contribution in [2.24, 2.45) is 84.6 Å². The fourth-order valence-corrected chi connectivity index (χ4v) is 14.1. The van der Waals surface area contributed by atoms with E-state index in [4.69, 9.17) is 122 Å². The topological polar surface area (TPSA) is 137 Å². The molecule has 0 aliphatic heterocycles. The molecule has 127 heavy (non-hydrogen) atoms. The summed E-state index contributed by atoms with van der Waals surface area (Å²) in [7, 11) is 0. The van der Waals surface area contributed by atoms with E-state index in [0.29, 0.717) is 99.2 Å². The van der Waals surface area contributed by atoms with E-state index < -0.39 is 121 Å². The van der Waals surface area contributed by atoms with E-state index in [0.717, 1.165) is 6.92 Å². The molecule has 8 nitrogen and oxygen atoms in total. The quantitative estimate of drug-likeness (QED) is 0.0546. The summed E-state index contributed by atoms with van der Waals surface area (Å²) in [4.78, 5) is 98.5. The summed E-state index contributed by atoms with van der Waals surface area (Å²) in [5, 5.41) is 3.64. The number of hydrogen-bond acceptors (Lipinski definition) is 8. The fraction of sp³-hybridized carbons (Fsp3) is 0.495. The van der Waals surface area contributed by atoms with E-state index >= 15 is 0 Å². The van der Waals surface area contributed by atoms with Crippen LogP contribution in [-0.2, 0) is 0 Å². The van der Waals surface area contributed by atoms with Crippen LogP contribution in [-0.4, -0.2) is 46.3 Å². The second-order valence-corrected chi connectivity index (χ2v) is 43.5. The Kier molecular flexibility index (Phi) is 36.8. The van der Waals surface area contributed by atoms with Gasteiger partial charge in [0.1, 0.15) is 0 Å². The van der Waals surface area contributed by atoms with E-state index in [1.165, 1.54) is 50.2 Å². The first-order valence-electron chi connectivity index (χ1n) is 52.4. The number of rotatable bonds is 24. The first-order chi connectivity index (χ1) is 65.9. The van der Waals surface area contributed by atoms with Crippen LogP contribution in [0, 0.1) is 84.6 Å². The lowest BCUT2D eigenvalue weighted by atomic mass is 9.82. The van der Waals surface area contributed by atoms with Crippen LogP contribution < -0.4 is 0 Å². The van der Waals surface area contributed by atoms with Crippen LogP contribution in [0.1, 0.15) is 384 Å².